The average Bonchev–Trinajstić information content (AvgIpc) is 2.76. The smallest absolute Gasteiger partial charge is 0.345 e. The van der Waals surface area contributed by atoms with Crippen molar-refractivity contribution in [2.45, 2.75) is 0 Å². The van der Waals surface area contributed by atoms with Gasteiger partial charge < -0.3 is 10.1 Å². The number of halogens is 2. The minimum Gasteiger partial charge on any atom is -0.423 e. The second-order valence-electron chi connectivity index (χ2n) is 6.10. The molecule has 0 spiro atoms. The van der Waals surface area contributed by atoms with Crippen molar-refractivity contribution in [3.05, 3.63) is 94.8 Å². The van der Waals surface area contributed by atoms with Gasteiger partial charge in [0.15, 0.2) is 0 Å². The number of ether oxygens (including phenoxy) is 1. The van der Waals surface area contributed by atoms with Gasteiger partial charge in [0.25, 0.3) is 0 Å². The van der Waals surface area contributed by atoms with Crippen LogP contribution < -0.4 is 15.5 Å². The highest BCUT2D eigenvalue weighted by Gasteiger charge is 2.13. The Morgan fingerprint density at radius 1 is 0.903 bits per heavy atom. The topological polar surface area (TPSA) is 96.9 Å². The molecule has 0 aromatic heterocycles. The summed E-state index contributed by atoms with van der Waals surface area (Å²) in [5.74, 6) is -2.70. The third kappa shape index (κ3) is 6.22. The largest absolute Gasteiger partial charge is 0.423 e. The molecule has 0 aliphatic carbocycles. The normalized spacial score (nSPS) is 10.5. The summed E-state index contributed by atoms with van der Waals surface area (Å²) >= 11 is 5.97. The summed E-state index contributed by atoms with van der Waals surface area (Å²) in [7, 11) is 0. The molecule has 0 radical (unpaired) electrons. The van der Waals surface area contributed by atoms with Gasteiger partial charge in [-0.2, -0.15) is 5.10 Å². The van der Waals surface area contributed by atoms with Gasteiger partial charge in [0.1, 0.15) is 11.6 Å². The van der Waals surface area contributed by atoms with Crippen molar-refractivity contribution in [1.29, 1.82) is 0 Å². The van der Waals surface area contributed by atoms with Crippen LogP contribution in [0.15, 0.2) is 77.9 Å². The second kappa shape index (κ2) is 10.1. The predicted octanol–water partition coefficient (Wildman–Crippen LogP) is 3.79. The number of hydrogen-bond acceptors (Lipinski definition) is 5. The van der Waals surface area contributed by atoms with Crippen molar-refractivity contribution in [2.24, 2.45) is 5.10 Å². The predicted molar refractivity (Wildman–Crippen MR) is 114 cm³/mol. The molecule has 156 valence electrons. The van der Waals surface area contributed by atoms with Gasteiger partial charge in [0.05, 0.1) is 16.8 Å². The van der Waals surface area contributed by atoms with Gasteiger partial charge in [0.2, 0.25) is 0 Å². The Kier molecular flexibility index (Phi) is 7.08. The average molecular weight is 440 g/mol. The van der Waals surface area contributed by atoms with Crippen LogP contribution in [0, 0.1) is 5.82 Å². The Morgan fingerprint density at radius 2 is 1.58 bits per heavy atom. The van der Waals surface area contributed by atoms with E-state index in [-0.39, 0.29) is 16.3 Å². The van der Waals surface area contributed by atoms with E-state index in [4.69, 9.17) is 16.3 Å². The fourth-order valence-corrected chi connectivity index (χ4v) is 2.56. The Bertz CT molecular complexity index is 1130. The van der Waals surface area contributed by atoms with Crippen LogP contribution in [0.3, 0.4) is 0 Å². The summed E-state index contributed by atoms with van der Waals surface area (Å²) < 4.78 is 18.1. The van der Waals surface area contributed by atoms with E-state index in [9.17, 15) is 18.8 Å². The van der Waals surface area contributed by atoms with Gasteiger partial charge in [-0.15, -0.1) is 0 Å². The molecule has 0 bridgehead atoms. The molecule has 0 unspecified atom stereocenters. The highest BCUT2D eigenvalue weighted by atomic mass is 35.5. The number of carbonyl (C=O) groups excluding carboxylic acids is 3. The zero-order valence-corrected chi connectivity index (χ0v) is 16.6. The maximum atomic E-state index is 12.9. The van der Waals surface area contributed by atoms with Gasteiger partial charge in [-0.05, 0) is 66.2 Å². The summed E-state index contributed by atoms with van der Waals surface area (Å²) in [4.78, 5) is 35.7. The first-order valence-electron chi connectivity index (χ1n) is 8.89. The standard InChI is InChI=1S/C22H15ClFN3O4/c23-19-4-2-1-3-18(19)22(30)31-17-11-5-14(6-12-17)13-25-27-21(29)20(28)26-16-9-7-15(24)8-10-16/h1-13H,(H,26,28)(H,27,29)/b25-13+. The van der Waals surface area contributed by atoms with E-state index in [1.165, 1.54) is 18.3 Å². The minimum atomic E-state index is -0.995. The molecule has 0 aliphatic rings. The third-order valence-corrected chi connectivity index (χ3v) is 4.20. The van der Waals surface area contributed by atoms with Crippen LogP contribution in [0.5, 0.6) is 5.75 Å². The molecular weight excluding hydrogens is 425 g/mol. The number of amides is 2. The number of nitrogens with zero attached hydrogens (tertiary/aromatic N) is 1. The number of carbonyl (C=O) groups is 3. The zero-order chi connectivity index (χ0) is 22.2. The summed E-state index contributed by atoms with van der Waals surface area (Å²) in [6, 6.07) is 17.8. The lowest BCUT2D eigenvalue weighted by Crippen LogP contribution is -2.32. The minimum absolute atomic E-state index is 0.247. The van der Waals surface area contributed by atoms with Crippen LogP contribution in [-0.2, 0) is 9.59 Å². The Balaban J connectivity index is 1.51. The fraction of sp³-hybridized carbons (Fsp3) is 0. The number of rotatable bonds is 5. The van der Waals surface area contributed by atoms with Crippen LogP contribution in [0.4, 0.5) is 10.1 Å². The zero-order valence-electron chi connectivity index (χ0n) is 15.8. The highest BCUT2D eigenvalue weighted by molar-refractivity contribution is 6.39. The molecule has 0 atom stereocenters. The summed E-state index contributed by atoms with van der Waals surface area (Å²) in [5.41, 5.74) is 3.18. The van der Waals surface area contributed by atoms with Crippen LogP contribution in [0.25, 0.3) is 0 Å². The summed E-state index contributed by atoms with van der Waals surface area (Å²) in [6.07, 6.45) is 1.31. The molecule has 0 fully saturated rings. The number of hydrogen-bond donors (Lipinski definition) is 2. The molecule has 3 aromatic rings. The molecule has 9 heteroatoms. The molecule has 31 heavy (non-hydrogen) atoms. The van der Waals surface area contributed by atoms with E-state index in [1.54, 1.807) is 48.5 Å². The van der Waals surface area contributed by atoms with Crippen molar-refractivity contribution >= 4 is 41.3 Å². The molecule has 0 aliphatic heterocycles. The van der Waals surface area contributed by atoms with Gasteiger partial charge in [-0.1, -0.05) is 23.7 Å². The van der Waals surface area contributed by atoms with E-state index in [0.717, 1.165) is 12.1 Å². The van der Waals surface area contributed by atoms with Crippen LogP contribution >= 0.6 is 11.6 Å². The molecule has 2 amide bonds. The number of benzene rings is 3. The quantitative estimate of drug-likeness (QED) is 0.208. The van der Waals surface area contributed by atoms with Crippen molar-refractivity contribution in [1.82, 2.24) is 5.43 Å². The summed E-state index contributed by atoms with van der Waals surface area (Å²) in [5, 5.41) is 6.30. The molecule has 3 aromatic carbocycles. The van der Waals surface area contributed by atoms with E-state index in [1.807, 2.05) is 0 Å². The van der Waals surface area contributed by atoms with Crippen molar-refractivity contribution in [3.8, 4) is 5.75 Å². The van der Waals surface area contributed by atoms with Gasteiger partial charge in [0, 0.05) is 5.69 Å². The lowest BCUT2D eigenvalue weighted by atomic mass is 10.2. The molecule has 7 nitrogen and oxygen atoms in total. The maximum absolute atomic E-state index is 12.9. The lowest BCUT2D eigenvalue weighted by Gasteiger charge is -2.06. The molecule has 0 saturated heterocycles. The summed E-state index contributed by atoms with van der Waals surface area (Å²) in [6.45, 7) is 0. The van der Waals surface area contributed by atoms with Gasteiger partial charge in [-0.3, -0.25) is 9.59 Å². The van der Waals surface area contributed by atoms with E-state index < -0.39 is 23.6 Å². The lowest BCUT2D eigenvalue weighted by molar-refractivity contribution is -0.136. The number of nitrogens with one attached hydrogen (secondary N) is 2. The van der Waals surface area contributed by atoms with Gasteiger partial charge in [-0.25, -0.2) is 14.6 Å². The fourth-order valence-electron chi connectivity index (χ4n) is 2.35. The highest BCUT2D eigenvalue weighted by Crippen LogP contribution is 2.19. The maximum Gasteiger partial charge on any atom is 0.345 e. The second-order valence-corrected chi connectivity index (χ2v) is 6.51. The van der Waals surface area contributed by atoms with E-state index in [2.05, 4.69) is 15.8 Å². The molecule has 0 heterocycles. The SMILES string of the molecule is O=C(N/N=C/c1ccc(OC(=O)c2ccccc2Cl)cc1)C(=O)Nc1ccc(F)cc1. The van der Waals surface area contributed by atoms with Crippen molar-refractivity contribution < 1.29 is 23.5 Å². The Morgan fingerprint density at radius 3 is 2.26 bits per heavy atom. The first kappa shape index (κ1) is 21.7. The van der Waals surface area contributed by atoms with E-state index >= 15 is 0 Å². The van der Waals surface area contributed by atoms with Crippen LogP contribution in [0.2, 0.25) is 5.02 Å². The van der Waals surface area contributed by atoms with Crippen molar-refractivity contribution in [2.75, 3.05) is 5.32 Å². The third-order valence-electron chi connectivity index (χ3n) is 3.87. The molecule has 0 saturated carbocycles. The molecular formula is C22H15ClFN3O4. The first-order valence-corrected chi connectivity index (χ1v) is 9.27. The molecule has 3 rings (SSSR count). The number of anilines is 1. The Hall–Kier alpha value is -4.04. The number of hydrazone groups is 1. The van der Waals surface area contributed by atoms with Crippen LogP contribution in [0.1, 0.15) is 15.9 Å². The van der Waals surface area contributed by atoms with E-state index in [0.29, 0.717) is 11.3 Å². The van der Waals surface area contributed by atoms with Crippen LogP contribution in [-0.4, -0.2) is 24.0 Å². The first-order chi connectivity index (χ1) is 14.9. The monoisotopic (exact) mass is 439 g/mol. The van der Waals surface area contributed by atoms with Crippen molar-refractivity contribution in [3.63, 3.8) is 0 Å². The van der Waals surface area contributed by atoms with Gasteiger partial charge >= 0.3 is 17.8 Å². The Labute approximate surface area is 181 Å². The number of esters is 1. The molecule has 2 N–H and O–H groups in total.